The van der Waals surface area contributed by atoms with Gasteiger partial charge in [-0.3, -0.25) is 0 Å². The lowest BCUT2D eigenvalue weighted by Crippen LogP contribution is -2.24. The van der Waals surface area contributed by atoms with E-state index in [1.54, 1.807) is 7.05 Å². The first-order chi connectivity index (χ1) is 5.70. The second-order valence-corrected chi connectivity index (χ2v) is 3.79. The van der Waals surface area contributed by atoms with E-state index in [0.717, 1.165) is 12.8 Å². The lowest BCUT2D eigenvalue weighted by Gasteiger charge is -2.14. The molecule has 0 saturated heterocycles. The van der Waals surface area contributed by atoms with Crippen LogP contribution in [0.25, 0.3) is 0 Å². The Morgan fingerprint density at radius 1 is 1.75 bits per heavy atom. The summed E-state index contributed by atoms with van der Waals surface area (Å²) in [6.45, 7) is 0. The second kappa shape index (κ2) is 4.05. The molecule has 0 bridgehead atoms. The van der Waals surface area contributed by atoms with E-state index in [2.05, 4.69) is 21.2 Å². The van der Waals surface area contributed by atoms with Crippen LogP contribution in [0.4, 0.5) is 0 Å². The largest absolute Gasteiger partial charge is 0.388 e. The number of rotatable bonds is 4. The average molecular weight is 233 g/mol. The van der Waals surface area contributed by atoms with Crippen molar-refractivity contribution in [1.82, 2.24) is 5.32 Å². The highest BCUT2D eigenvalue weighted by Gasteiger charge is 2.32. The first-order valence-corrected chi connectivity index (χ1v) is 4.76. The molecule has 0 heterocycles. The monoisotopic (exact) mass is 232 g/mol. The van der Waals surface area contributed by atoms with E-state index in [-0.39, 0.29) is 0 Å². The molecule has 1 aliphatic carbocycles. The van der Waals surface area contributed by atoms with Gasteiger partial charge in [-0.25, -0.2) is 0 Å². The average Bonchev–Trinajstić information content (AvgIpc) is 2.87. The first kappa shape index (κ1) is 9.74. The maximum atomic E-state index is 9.70. The standard InChI is InChI=1S/C8H13BrN2O/c1-11-7(6(9)4-10)8(12)5-2-3-5/h4-5,8,10-12H,2-3H2,1H3/b7-6+,10-4?. The Balaban J connectivity index is 2.71. The second-order valence-electron chi connectivity index (χ2n) is 2.94. The van der Waals surface area contributed by atoms with Gasteiger partial charge in [0.15, 0.2) is 0 Å². The Morgan fingerprint density at radius 3 is 2.67 bits per heavy atom. The SMILES string of the molecule is CN/C(=C(/Br)C=N)C(O)C1CC1. The fraction of sp³-hybridized carbons (Fsp3) is 0.625. The molecule has 1 fully saturated rings. The van der Waals surface area contributed by atoms with E-state index in [1.807, 2.05) is 0 Å². The molecule has 0 aromatic carbocycles. The van der Waals surface area contributed by atoms with Crippen LogP contribution < -0.4 is 5.32 Å². The van der Waals surface area contributed by atoms with E-state index >= 15 is 0 Å². The van der Waals surface area contributed by atoms with Crippen molar-refractivity contribution in [1.29, 1.82) is 5.41 Å². The molecule has 0 aliphatic heterocycles. The van der Waals surface area contributed by atoms with Crippen LogP contribution in [0.1, 0.15) is 12.8 Å². The van der Waals surface area contributed by atoms with Crippen LogP contribution in [0.2, 0.25) is 0 Å². The maximum Gasteiger partial charge on any atom is 0.0974 e. The molecule has 0 aromatic rings. The van der Waals surface area contributed by atoms with Gasteiger partial charge < -0.3 is 15.8 Å². The third kappa shape index (κ3) is 2.08. The van der Waals surface area contributed by atoms with Gasteiger partial charge in [0, 0.05) is 13.3 Å². The highest BCUT2D eigenvalue weighted by Crippen LogP contribution is 2.35. The summed E-state index contributed by atoms with van der Waals surface area (Å²) in [4.78, 5) is 0. The molecule has 0 aromatic heterocycles. The number of halogens is 1. The molecule has 3 nitrogen and oxygen atoms in total. The van der Waals surface area contributed by atoms with Crippen LogP contribution in [0, 0.1) is 11.3 Å². The van der Waals surface area contributed by atoms with Crippen LogP contribution in [0.5, 0.6) is 0 Å². The maximum absolute atomic E-state index is 9.70. The summed E-state index contributed by atoms with van der Waals surface area (Å²) in [7, 11) is 1.76. The van der Waals surface area contributed by atoms with Gasteiger partial charge in [-0.1, -0.05) is 0 Å². The summed E-state index contributed by atoms with van der Waals surface area (Å²) < 4.78 is 0.629. The minimum atomic E-state index is -0.439. The van der Waals surface area contributed by atoms with Crippen molar-refractivity contribution in [2.45, 2.75) is 18.9 Å². The van der Waals surface area contributed by atoms with E-state index in [4.69, 9.17) is 5.41 Å². The third-order valence-electron chi connectivity index (χ3n) is 2.02. The molecule has 1 aliphatic rings. The molecule has 1 unspecified atom stereocenters. The number of hydrogen-bond donors (Lipinski definition) is 3. The molecule has 3 N–H and O–H groups in total. The van der Waals surface area contributed by atoms with Gasteiger partial charge in [0.05, 0.1) is 16.3 Å². The van der Waals surface area contributed by atoms with Crippen LogP contribution in [-0.4, -0.2) is 24.5 Å². The summed E-state index contributed by atoms with van der Waals surface area (Å²) in [5.74, 6) is 0.389. The van der Waals surface area contributed by atoms with Crippen molar-refractivity contribution >= 4 is 22.1 Å². The van der Waals surface area contributed by atoms with Crippen LogP contribution in [-0.2, 0) is 0 Å². The summed E-state index contributed by atoms with van der Waals surface area (Å²) in [6, 6.07) is 0. The van der Waals surface area contributed by atoms with Gasteiger partial charge in [0.2, 0.25) is 0 Å². The molecular weight excluding hydrogens is 220 g/mol. The fourth-order valence-corrected chi connectivity index (χ4v) is 1.57. The molecule has 0 amide bonds. The minimum Gasteiger partial charge on any atom is -0.388 e. The number of likely N-dealkylation sites (N-methyl/N-ethyl adjacent to an activating group) is 1. The normalized spacial score (nSPS) is 21.2. The molecule has 1 rings (SSSR count). The molecule has 4 heteroatoms. The summed E-state index contributed by atoms with van der Waals surface area (Å²) in [6.07, 6.45) is 2.93. The Hall–Kier alpha value is -0.350. The molecule has 1 atom stereocenters. The van der Waals surface area contributed by atoms with Gasteiger partial charge in [-0.15, -0.1) is 0 Å². The number of hydrogen-bond acceptors (Lipinski definition) is 3. The minimum absolute atomic E-state index is 0.389. The van der Waals surface area contributed by atoms with Crippen molar-refractivity contribution in [3.8, 4) is 0 Å². The van der Waals surface area contributed by atoms with Crippen LogP contribution in [0.15, 0.2) is 10.2 Å². The quantitative estimate of drug-likeness (QED) is 0.639. The zero-order valence-corrected chi connectivity index (χ0v) is 8.56. The lowest BCUT2D eigenvalue weighted by atomic mass is 10.1. The van der Waals surface area contributed by atoms with Gasteiger partial charge in [-0.05, 0) is 34.7 Å². The smallest absolute Gasteiger partial charge is 0.0974 e. The summed E-state index contributed by atoms with van der Waals surface area (Å²) >= 11 is 3.21. The molecule has 68 valence electrons. The van der Waals surface area contributed by atoms with E-state index in [9.17, 15) is 5.11 Å². The van der Waals surface area contributed by atoms with Crippen molar-refractivity contribution in [3.05, 3.63) is 10.2 Å². The Morgan fingerprint density at radius 2 is 2.33 bits per heavy atom. The van der Waals surface area contributed by atoms with E-state index in [1.165, 1.54) is 6.21 Å². The number of nitrogens with one attached hydrogen (secondary N) is 2. The highest BCUT2D eigenvalue weighted by atomic mass is 79.9. The summed E-state index contributed by atoms with van der Waals surface area (Å²) in [5.41, 5.74) is 0.715. The third-order valence-corrected chi connectivity index (χ3v) is 2.67. The fourth-order valence-electron chi connectivity index (χ4n) is 1.13. The Bertz CT molecular complexity index is 211. The zero-order chi connectivity index (χ0) is 9.14. The summed E-state index contributed by atoms with van der Waals surface area (Å²) in [5, 5.41) is 19.6. The lowest BCUT2D eigenvalue weighted by molar-refractivity contribution is 0.180. The Kier molecular flexibility index (Phi) is 3.29. The van der Waals surface area contributed by atoms with Crippen LogP contribution >= 0.6 is 15.9 Å². The number of aliphatic hydroxyl groups is 1. The van der Waals surface area contributed by atoms with Crippen molar-refractivity contribution in [2.75, 3.05) is 7.05 Å². The number of allylic oxidation sites excluding steroid dienone is 1. The van der Waals surface area contributed by atoms with Crippen molar-refractivity contribution in [3.63, 3.8) is 0 Å². The molecule has 0 radical (unpaired) electrons. The predicted molar refractivity (Wildman–Crippen MR) is 52.5 cm³/mol. The first-order valence-electron chi connectivity index (χ1n) is 3.96. The van der Waals surface area contributed by atoms with Crippen molar-refractivity contribution < 1.29 is 5.11 Å². The molecule has 1 saturated carbocycles. The van der Waals surface area contributed by atoms with Gasteiger partial charge in [0.1, 0.15) is 0 Å². The van der Waals surface area contributed by atoms with Gasteiger partial charge in [0.25, 0.3) is 0 Å². The highest BCUT2D eigenvalue weighted by molar-refractivity contribution is 9.12. The number of aliphatic hydroxyl groups excluding tert-OH is 1. The Labute approximate surface area is 80.5 Å². The van der Waals surface area contributed by atoms with Gasteiger partial charge >= 0.3 is 0 Å². The topological polar surface area (TPSA) is 56.1 Å². The molecular formula is C8H13BrN2O. The van der Waals surface area contributed by atoms with E-state index < -0.39 is 6.10 Å². The predicted octanol–water partition coefficient (Wildman–Crippen LogP) is 1.23. The molecule has 12 heavy (non-hydrogen) atoms. The van der Waals surface area contributed by atoms with Crippen LogP contribution in [0.3, 0.4) is 0 Å². The van der Waals surface area contributed by atoms with Crippen molar-refractivity contribution in [2.24, 2.45) is 5.92 Å². The molecule has 0 spiro atoms. The van der Waals surface area contributed by atoms with E-state index in [0.29, 0.717) is 16.1 Å². The zero-order valence-electron chi connectivity index (χ0n) is 6.97. The van der Waals surface area contributed by atoms with Gasteiger partial charge in [-0.2, -0.15) is 0 Å².